The second-order valence-corrected chi connectivity index (χ2v) is 7.42. The smallest absolute Gasteiger partial charge is 0.349 e. The highest BCUT2D eigenvalue weighted by molar-refractivity contribution is 6.31. The Balaban J connectivity index is 1.79. The lowest BCUT2D eigenvalue weighted by Gasteiger charge is -2.18. The molecule has 0 bridgehead atoms. The molecule has 0 saturated carbocycles. The van der Waals surface area contributed by atoms with E-state index >= 15 is 0 Å². The normalized spacial score (nSPS) is 11.8. The number of ether oxygens (including phenoxy) is 1. The molecular weight excluding hydrogens is 412 g/mol. The number of halogens is 1. The van der Waals surface area contributed by atoms with Gasteiger partial charge in [0.05, 0.1) is 11.4 Å². The molecule has 1 atom stereocenters. The van der Waals surface area contributed by atoms with Gasteiger partial charge in [-0.15, -0.1) is 0 Å². The molecule has 0 saturated heterocycles. The Hall–Kier alpha value is -3.57. The van der Waals surface area contributed by atoms with Crippen LogP contribution in [0.1, 0.15) is 18.6 Å². The number of aliphatic carboxylic acids is 1. The number of benzene rings is 3. The van der Waals surface area contributed by atoms with Crippen molar-refractivity contribution >= 4 is 17.6 Å². The van der Waals surface area contributed by atoms with E-state index in [1.807, 2.05) is 54.1 Å². The summed E-state index contributed by atoms with van der Waals surface area (Å²) in [5.41, 5.74) is 3.86. The Bertz CT molecular complexity index is 1190. The highest BCUT2D eigenvalue weighted by atomic mass is 35.5. The Labute approximate surface area is 185 Å². The first-order valence-corrected chi connectivity index (χ1v) is 10.3. The van der Waals surface area contributed by atoms with Gasteiger partial charge in [0.1, 0.15) is 5.75 Å². The van der Waals surface area contributed by atoms with Gasteiger partial charge in [0.25, 0.3) is 0 Å². The third-order valence-electron chi connectivity index (χ3n) is 4.94. The molecule has 3 aromatic carbocycles. The van der Waals surface area contributed by atoms with E-state index < -0.39 is 12.1 Å². The first-order valence-electron chi connectivity index (χ1n) is 9.94. The van der Waals surface area contributed by atoms with Crippen molar-refractivity contribution in [2.24, 2.45) is 0 Å². The number of rotatable bonds is 7. The molecule has 31 heavy (non-hydrogen) atoms. The maximum Gasteiger partial charge on any atom is 0.349 e. The van der Waals surface area contributed by atoms with Crippen molar-refractivity contribution in [2.45, 2.75) is 19.6 Å². The predicted octanol–water partition coefficient (Wildman–Crippen LogP) is 6.10. The molecule has 1 aromatic heterocycles. The first kappa shape index (κ1) is 20.7. The molecule has 156 valence electrons. The summed E-state index contributed by atoms with van der Waals surface area (Å²) in [5, 5.41) is 15.0. The third kappa shape index (κ3) is 4.47. The van der Waals surface area contributed by atoms with Crippen LogP contribution in [0.5, 0.6) is 5.75 Å². The first-order chi connectivity index (χ1) is 15.1. The minimum atomic E-state index is -1.15. The number of carbonyl (C=O) groups is 1. The van der Waals surface area contributed by atoms with E-state index in [-0.39, 0.29) is 0 Å². The van der Waals surface area contributed by atoms with Gasteiger partial charge in [-0.05, 0) is 31.2 Å². The van der Waals surface area contributed by atoms with Crippen molar-refractivity contribution in [3.8, 4) is 28.3 Å². The van der Waals surface area contributed by atoms with Gasteiger partial charge in [0.15, 0.2) is 0 Å². The summed E-state index contributed by atoms with van der Waals surface area (Å²) < 4.78 is 7.88. The Morgan fingerprint density at radius 1 is 1.03 bits per heavy atom. The van der Waals surface area contributed by atoms with Crippen molar-refractivity contribution in [2.75, 3.05) is 0 Å². The second kappa shape index (κ2) is 9.06. The van der Waals surface area contributed by atoms with Crippen LogP contribution in [0.3, 0.4) is 0 Å². The molecule has 1 unspecified atom stereocenters. The van der Waals surface area contributed by atoms with Crippen LogP contribution in [0, 0.1) is 0 Å². The molecule has 0 amide bonds. The Morgan fingerprint density at radius 3 is 2.35 bits per heavy atom. The van der Waals surface area contributed by atoms with Gasteiger partial charge in [-0.2, -0.15) is 5.10 Å². The zero-order chi connectivity index (χ0) is 21.8. The molecule has 6 heteroatoms. The summed E-state index contributed by atoms with van der Waals surface area (Å²) in [6, 6.07) is 25.9. The summed E-state index contributed by atoms with van der Waals surface area (Å²) >= 11 is 6.30. The maximum atomic E-state index is 12.0. The minimum Gasteiger partial charge on any atom is -0.478 e. The summed E-state index contributed by atoms with van der Waals surface area (Å²) in [6.07, 6.45) is -1.15. The van der Waals surface area contributed by atoms with E-state index in [1.54, 1.807) is 42.5 Å². The number of hydrogen-bond donors (Lipinski definition) is 1. The van der Waals surface area contributed by atoms with E-state index in [9.17, 15) is 9.90 Å². The fraction of sp³-hybridized carbons (Fsp3) is 0.120. The molecule has 0 aliphatic carbocycles. The number of hydrogen-bond acceptors (Lipinski definition) is 3. The van der Waals surface area contributed by atoms with Gasteiger partial charge in [-0.3, -0.25) is 4.68 Å². The van der Waals surface area contributed by atoms with Gasteiger partial charge < -0.3 is 9.84 Å². The van der Waals surface area contributed by atoms with Crippen molar-refractivity contribution in [1.82, 2.24) is 9.78 Å². The average Bonchev–Trinajstić information content (AvgIpc) is 3.23. The number of nitrogens with zero attached hydrogens (tertiary/aromatic N) is 2. The van der Waals surface area contributed by atoms with E-state index in [2.05, 4.69) is 0 Å². The lowest BCUT2D eigenvalue weighted by atomic mass is 10.1. The van der Waals surface area contributed by atoms with E-state index in [0.29, 0.717) is 28.4 Å². The fourth-order valence-corrected chi connectivity index (χ4v) is 3.62. The third-order valence-corrected chi connectivity index (χ3v) is 5.17. The molecular formula is C25H21ClN2O3. The van der Waals surface area contributed by atoms with Gasteiger partial charge in [-0.25, -0.2) is 4.79 Å². The fourth-order valence-electron chi connectivity index (χ4n) is 3.45. The number of aromatic nitrogens is 2. The van der Waals surface area contributed by atoms with Crippen LogP contribution in [0.2, 0.25) is 5.02 Å². The van der Waals surface area contributed by atoms with E-state index in [4.69, 9.17) is 21.4 Å². The highest BCUT2D eigenvalue weighted by Crippen LogP contribution is 2.37. The van der Waals surface area contributed by atoms with Gasteiger partial charge in [-0.1, -0.05) is 72.3 Å². The van der Waals surface area contributed by atoms with Crippen molar-refractivity contribution < 1.29 is 14.6 Å². The minimum absolute atomic E-state index is 0.426. The zero-order valence-electron chi connectivity index (χ0n) is 16.9. The number of carboxylic acids is 1. The average molecular weight is 433 g/mol. The molecule has 0 spiro atoms. The Kier molecular flexibility index (Phi) is 6.05. The van der Waals surface area contributed by atoms with Gasteiger partial charge in [0, 0.05) is 28.3 Å². The van der Waals surface area contributed by atoms with Gasteiger partial charge in [0.2, 0.25) is 6.10 Å². The lowest BCUT2D eigenvalue weighted by Crippen LogP contribution is -2.18. The van der Waals surface area contributed by atoms with E-state index in [0.717, 1.165) is 17.0 Å². The topological polar surface area (TPSA) is 64.4 Å². The molecule has 0 aliphatic rings. The van der Waals surface area contributed by atoms with Crippen molar-refractivity contribution in [3.05, 3.63) is 95.5 Å². The molecule has 0 aliphatic heterocycles. The number of aryl methyl sites for hydroxylation is 1. The molecule has 4 rings (SSSR count). The molecule has 5 nitrogen and oxygen atoms in total. The summed E-state index contributed by atoms with van der Waals surface area (Å²) in [6.45, 7) is 2.63. The molecule has 0 fully saturated rings. The molecule has 4 aromatic rings. The largest absolute Gasteiger partial charge is 0.478 e. The number of carboxylic acid groups (broad SMARTS) is 1. The van der Waals surface area contributed by atoms with Crippen LogP contribution < -0.4 is 4.74 Å². The predicted molar refractivity (Wildman–Crippen MR) is 121 cm³/mol. The van der Waals surface area contributed by atoms with Crippen molar-refractivity contribution in [3.63, 3.8) is 0 Å². The zero-order valence-corrected chi connectivity index (χ0v) is 17.7. The Morgan fingerprint density at radius 2 is 1.71 bits per heavy atom. The van der Waals surface area contributed by atoms with Crippen LogP contribution in [-0.4, -0.2) is 20.9 Å². The van der Waals surface area contributed by atoms with Crippen LogP contribution in [0.15, 0.2) is 84.9 Å². The van der Waals surface area contributed by atoms with Crippen LogP contribution in [-0.2, 0) is 11.3 Å². The molecule has 1 N–H and O–H groups in total. The molecule has 0 radical (unpaired) electrons. The SMILES string of the molecule is CCn1nc(-c2ccccc2)cc1-c1cc(Cl)ccc1OC(C(=O)O)c1ccccc1. The quantitative estimate of drug-likeness (QED) is 0.383. The summed E-state index contributed by atoms with van der Waals surface area (Å²) in [5.74, 6) is -0.643. The standard InChI is InChI=1S/C25H21ClN2O3/c1-2-28-22(16-21(27-28)17-9-5-3-6-10-17)20-15-19(26)13-14-23(20)31-24(25(29)30)18-11-7-4-8-12-18/h3-16,24H,2H2,1H3,(H,29,30). The highest BCUT2D eigenvalue weighted by Gasteiger charge is 2.24. The lowest BCUT2D eigenvalue weighted by molar-refractivity contribution is -0.145. The molecule has 1 heterocycles. The second-order valence-electron chi connectivity index (χ2n) is 6.98. The van der Waals surface area contributed by atoms with Crippen LogP contribution >= 0.6 is 11.6 Å². The van der Waals surface area contributed by atoms with Crippen LogP contribution in [0.4, 0.5) is 0 Å². The van der Waals surface area contributed by atoms with Crippen LogP contribution in [0.25, 0.3) is 22.5 Å². The monoisotopic (exact) mass is 432 g/mol. The van der Waals surface area contributed by atoms with Gasteiger partial charge >= 0.3 is 5.97 Å². The summed E-state index contributed by atoms with van der Waals surface area (Å²) in [4.78, 5) is 12.0. The maximum absolute atomic E-state index is 12.0. The summed E-state index contributed by atoms with van der Waals surface area (Å²) in [7, 11) is 0. The van der Waals surface area contributed by atoms with Crippen molar-refractivity contribution in [1.29, 1.82) is 0 Å². The van der Waals surface area contributed by atoms with E-state index in [1.165, 1.54) is 0 Å².